The van der Waals surface area contributed by atoms with E-state index in [9.17, 15) is 48.3 Å². The Bertz CT molecular complexity index is 5510. The summed E-state index contributed by atoms with van der Waals surface area (Å²) in [7, 11) is 0. The highest BCUT2D eigenvalue weighted by Gasteiger charge is 2.26. The molecule has 8 aromatic heterocycles. The summed E-state index contributed by atoms with van der Waals surface area (Å²) in [6, 6.07) is 30.9. The van der Waals surface area contributed by atoms with E-state index in [1.165, 1.54) is 49.6 Å². The fourth-order valence-corrected chi connectivity index (χ4v) is 9.43. The topological polar surface area (TPSA) is 551 Å². The van der Waals surface area contributed by atoms with E-state index in [0.29, 0.717) is 91.7 Å². The van der Waals surface area contributed by atoms with Crippen molar-refractivity contribution in [2.45, 2.75) is 119 Å². The Morgan fingerprint density at radius 2 is 0.610 bits per heavy atom. The first-order valence-corrected chi connectivity index (χ1v) is 35.8. The Kier molecular flexibility index (Phi) is 27.9. The summed E-state index contributed by atoms with van der Waals surface area (Å²) in [6.07, 6.45) is 11.4. The van der Waals surface area contributed by atoms with Gasteiger partial charge in [-0.05, 0) is 111 Å². The van der Waals surface area contributed by atoms with Gasteiger partial charge in [-0.3, -0.25) is 50.4 Å². The lowest BCUT2D eigenvalue weighted by atomic mass is 9.93. The molecule has 0 aliphatic heterocycles. The predicted molar refractivity (Wildman–Crippen MR) is 438 cm³/mol. The summed E-state index contributed by atoms with van der Waals surface area (Å²) in [5, 5.41) is 56.3. The first-order chi connectivity index (χ1) is 55.8. The summed E-state index contributed by atoms with van der Waals surface area (Å²) in [5.41, 5.74) is 9.76. The Labute approximate surface area is 674 Å². The van der Waals surface area contributed by atoms with Crippen LogP contribution in [0.15, 0.2) is 189 Å². The largest absolute Gasteiger partial charge is 0.476 e. The van der Waals surface area contributed by atoms with Crippen LogP contribution in [0.5, 0.6) is 0 Å². The summed E-state index contributed by atoms with van der Waals surface area (Å²) < 4.78 is 20.9. The van der Waals surface area contributed by atoms with Crippen LogP contribution in [0.1, 0.15) is 170 Å². The van der Waals surface area contributed by atoms with Gasteiger partial charge in [-0.25, -0.2) is 53.9 Å². The summed E-state index contributed by atoms with van der Waals surface area (Å²) >= 11 is 0. The number of urea groups is 4. The smallest absolute Gasteiger partial charge is 0.356 e. The first kappa shape index (κ1) is 86.3. The number of amides is 12. The SMILES string of the molecule is CC(C)(C)c1cc(NC(=O)Nc2ccc(NC(=O)c3cnccn3)cc2)no1.CC(C)(C)c1cc(NC(=O)Nc2ccc(NC(=O)c3nccnc3N)cc2)no1.Cc1cnc(C(=O)Nc2ccc(NC(=O)Nc3cc(C(C)(C)C)on3)cc2)c(C(=O)O)n1.Cc1cnc(C(=O)Nc2ccc(NC(=O)Nc3cc(C(C)(C)C)on3)cc2)cn1. The van der Waals surface area contributed by atoms with E-state index in [2.05, 4.69) is 124 Å². The molecule has 8 heterocycles. The van der Waals surface area contributed by atoms with E-state index in [-0.39, 0.29) is 67.9 Å². The number of hydrogen-bond acceptors (Lipinski definition) is 26. The van der Waals surface area contributed by atoms with Crippen LogP contribution >= 0.6 is 0 Å². The van der Waals surface area contributed by atoms with Crippen molar-refractivity contribution in [3.8, 4) is 0 Å². The van der Waals surface area contributed by atoms with Crippen LogP contribution < -0.4 is 69.5 Å². The third kappa shape index (κ3) is 26.2. The second-order valence-corrected chi connectivity index (χ2v) is 29.7. The molecule has 39 heteroatoms. The molecule has 0 spiro atoms. The fraction of sp³-hybridized carbons (Fsp3) is 0.228. The quantitative estimate of drug-likeness (QED) is 0.0402. The van der Waals surface area contributed by atoms with Gasteiger partial charge in [-0.2, -0.15) is 0 Å². The monoisotopic (exact) mass is 1610 g/mol. The highest BCUT2D eigenvalue weighted by Crippen LogP contribution is 2.30. The fourth-order valence-electron chi connectivity index (χ4n) is 9.43. The molecule has 0 aliphatic carbocycles. The second-order valence-electron chi connectivity index (χ2n) is 29.7. The minimum Gasteiger partial charge on any atom is -0.476 e. The minimum absolute atomic E-state index is 0.0383. The zero-order valence-corrected chi connectivity index (χ0v) is 66.4. The van der Waals surface area contributed by atoms with Gasteiger partial charge in [0.2, 0.25) is 0 Å². The molecular weight excluding hydrogens is 1520 g/mol. The van der Waals surface area contributed by atoms with Crippen LogP contribution in [0.25, 0.3) is 0 Å². The summed E-state index contributed by atoms with van der Waals surface area (Å²) in [5.74, 6) is 0.674. The van der Waals surface area contributed by atoms with E-state index < -0.39 is 47.6 Å². The van der Waals surface area contributed by atoms with Gasteiger partial charge in [0.15, 0.2) is 46.2 Å². The average molecular weight is 1610 g/mol. The molecular formula is C79H85N25O14. The Morgan fingerprint density at radius 1 is 0.314 bits per heavy atom. The predicted octanol–water partition coefficient (Wildman–Crippen LogP) is 14.5. The first-order valence-electron chi connectivity index (χ1n) is 35.8. The van der Waals surface area contributed by atoms with Gasteiger partial charge in [0.25, 0.3) is 23.6 Å². The maximum atomic E-state index is 12.4. The average Bonchev–Trinajstić information content (AvgIpc) is 1.58. The number of nitrogens with zero attached hydrogens (tertiary/aromatic N) is 12. The number of carboxylic acid groups (broad SMARTS) is 1. The second kappa shape index (κ2) is 38.2. The molecule has 0 aliphatic rings. The number of hydrogen-bond donors (Lipinski definition) is 14. The third-order valence-electron chi connectivity index (χ3n) is 15.6. The zero-order chi connectivity index (χ0) is 85.7. The van der Waals surface area contributed by atoms with Gasteiger partial charge in [0.1, 0.15) is 34.4 Å². The molecule has 4 aromatic carbocycles. The summed E-state index contributed by atoms with van der Waals surface area (Å²) in [6.45, 7) is 27.1. The van der Waals surface area contributed by atoms with Crippen LogP contribution in [0.3, 0.4) is 0 Å². The molecule has 0 atom stereocenters. The number of carboxylic acids is 1. The highest BCUT2D eigenvalue weighted by molar-refractivity contribution is 6.10. The van der Waals surface area contributed by atoms with Crippen molar-refractivity contribution in [1.29, 1.82) is 0 Å². The molecule has 0 unspecified atom stereocenters. The van der Waals surface area contributed by atoms with E-state index in [1.807, 2.05) is 83.1 Å². The van der Waals surface area contributed by atoms with Gasteiger partial charge in [0.05, 0.1) is 23.8 Å². The number of aryl methyl sites for hydroxylation is 2. The molecule has 0 radical (unpaired) electrons. The molecule has 0 saturated carbocycles. The number of nitrogen functional groups attached to an aromatic ring is 1. The highest BCUT2D eigenvalue weighted by atomic mass is 16.5. The number of carbonyl (C=O) groups excluding carboxylic acids is 8. The molecule has 0 bridgehead atoms. The molecule has 610 valence electrons. The van der Waals surface area contributed by atoms with Crippen molar-refractivity contribution in [2.75, 3.05) is 69.5 Å². The number of aromatic nitrogens is 12. The standard InChI is InChI=1S/C21H22N6O5.C20H22N6O3.C19H21N7O3.C19H20N6O3/c1-11-10-22-16(17(23-11)19(29)30)18(28)24-12-5-7-13(8-6-12)25-20(31)26-15-9-14(32-27-15)21(2,3)4;1-12-10-22-15(11-21-12)18(27)23-13-5-7-14(8-6-13)24-19(28)25-17-9-16(29-26-17)20(2,3)4;1-19(2,3)13-10-14(26-29-13)25-18(28)24-12-6-4-11(5-7-12)23-17(27)15-16(20)22-9-8-21-15;1-19(2,3)15-10-16(25-28-15)24-18(27)23-13-6-4-12(5-7-13)22-17(26)14-11-20-8-9-21-14/h5-10H,1-4H3,(H,24,28)(H,29,30)(H2,25,26,27,31);5-11H,1-4H3,(H,23,27)(H2,24,25,26,28);4-10H,1-3H3,(H2,20,22)(H,23,27)(H2,24,25,26,28);4-11H,1-3H3,(H,22,26)(H2,23,24,25,27). The lowest BCUT2D eigenvalue weighted by Crippen LogP contribution is -2.20. The van der Waals surface area contributed by atoms with Crippen LogP contribution in [0.2, 0.25) is 0 Å². The number of benzene rings is 4. The van der Waals surface area contributed by atoms with Crippen molar-refractivity contribution in [3.63, 3.8) is 0 Å². The van der Waals surface area contributed by atoms with Crippen LogP contribution in [0.4, 0.5) is 93.8 Å². The van der Waals surface area contributed by atoms with Gasteiger partial charge < -0.3 is 71.5 Å². The Balaban J connectivity index is 0.000000180. The van der Waals surface area contributed by atoms with Crippen molar-refractivity contribution in [2.24, 2.45) is 0 Å². The van der Waals surface area contributed by atoms with Crippen molar-refractivity contribution in [3.05, 3.63) is 234 Å². The molecule has 12 aromatic rings. The number of aromatic carboxylic acids is 1. The van der Waals surface area contributed by atoms with Crippen molar-refractivity contribution >= 4 is 128 Å². The number of carbonyl (C=O) groups is 9. The van der Waals surface area contributed by atoms with Gasteiger partial charge in [-0.15, -0.1) is 0 Å². The van der Waals surface area contributed by atoms with Gasteiger partial charge in [-0.1, -0.05) is 104 Å². The Hall–Kier alpha value is -15.7. The van der Waals surface area contributed by atoms with Crippen LogP contribution in [0, 0.1) is 13.8 Å². The van der Waals surface area contributed by atoms with Crippen LogP contribution in [-0.4, -0.2) is 119 Å². The number of anilines is 13. The molecule has 39 nitrogen and oxygen atoms in total. The number of rotatable bonds is 17. The molecule has 12 amide bonds. The Morgan fingerprint density at radius 3 is 0.898 bits per heavy atom. The lowest BCUT2D eigenvalue weighted by Gasteiger charge is -2.12. The van der Waals surface area contributed by atoms with E-state index in [1.54, 1.807) is 135 Å². The number of nitrogens with two attached hydrogens (primary N) is 1. The van der Waals surface area contributed by atoms with Crippen molar-refractivity contribution in [1.82, 2.24) is 60.5 Å². The third-order valence-corrected chi connectivity index (χ3v) is 15.6. The van der Waals surface area contributed by atoms with Crippen molar-refractivity contribution < 1.29 is 66.3 Å². The molecule has 118 heavy (non-hydrogen) atoms. The van der Waals surface area contributed by atoms with Gasteiger partial charge >= 0.3 is 30.1 Å². The van der Waals surface area contributed by atoms with Crippen LogP contribution in [-0.2, 0) is 21.7 Å². The van der Waals surface area contributed by atoms with E-state index in [0.717, 1.165) is 5.69 Å². The van der Waals surface area contributed by atoms with Gasteiger partial charge in [0, 0.05) is 129 Å². The molecule has 15 N–H and O–H groups in total. The lowest BCUT2D eigenvalue weighted by molar-refractivity contribution is 0.0683. The minimum atomic E-state index is -1.35. The maximum Gasteiger partial charge on any atom is 0.356 e. The summed E-state index contributed by atoms with van der Waals surface area (Å²) in [4.78, 5) is 140. The molecule has 12 rings (SSSR count). The van der Waals surface area contributed by atoms with E-state index in [4.69, 9.17) is 23.8 Å². The molecule has 0 saturated heterocycles. The number of nitrogens with one attached hydrogen (secondary N) is 12. The normalized spacial score (nSPS) is 11.0. The zero-order valence-electron chi connectivity index (χ0n) is 66.4. The molecule has 0 fully saturated rings. The van der Waals surface area contributed by atoms with E-state index >= 15 is 0 Å². The maximum absolute atomic E-state index is 12.4.